The van der Waals surface area contributed by atoms with Gasteiger partial charge in [0.25, 0.3) is 0 Å². The number of hydrogen-bond acceptors (Lipinski definition) is 3. The number of sulfone groups is 1. The zero-order chi connectivity index (χ0) is 14.8. The van der Waals surface area contributed by atoms with E-state index in [1.165, 1.54) is 5.56 Å². The molecule has 0 aliphatic heterocycles. The topological polar surface area (TPSA) is 54.4 Å². The molecule has 0 fully saturated rings. The van der Waals surface area contributed by atoms with E-state index in [0.717, 1.165) is 12.7 Å². The Hall–Kier alpha value is -0.870. The normalized spacial score (nSPS) is 16.1. The Morgan fingerprint density at radius 1 is 1.16 bits per heavy atom. The number of aliphatic hydroxyl groups excluding tert-OH is 1. The summed E-state index contributed by atoms with van der Waals surface area (Å²) in [5.74, 6) is 0.467. The van der Waals surface area contributed by atoms with Crippen molar-refractivity contribution in [1.29, 1.82) is 0 Å². The summed E-state index contributed by atoms with van der Waals surface area (Å²) in [6, 6.07) is 7.56. The minimum atomic E-state index is -3.33. The second kappa shape index (κ2) is 5.63. The van der Waals surface area contributed by atoms with Crippen LogP contribution in [0.3, 0.4) is 0 Å². The van der Waals surface area contributed by atoms with Gasteiger partial charge in [-0.25, -0.2) is 8.42 Å². The molecule has 3 nitrogen and oxygen atoms in total. The lowest BCUT2D eigenvalue weighted by Crippen LogP contribution is -2.37. The van der Waals surface area contributed by atoms with Crippen LogP contribution < -0.4 is 0 Å². The van der Waals surface area contributed by atoms with Crippen LogP contribution in [-0.2, 0) is 9.84 Å². The molecule has 0 aliphatic carbocycles. The number of rotatable bonds is 5. The lowest BCUT2D eigenvalue weighted by Gasteiger charge is -2.29. The van der Waals surface area contributed by atoms with E-state index in [4.69, 9.17) is 0 Å². The molecule has 0 saturated carbocycles. The third-order valence-electron chi connectivity index (χ3n) is 4.05. The molecule has 1 rings (SSSR count). The van der Waals surface area contributed by atoms with Gasteiger partial charge in [-0.15, -0.1) is 0 Å². The molecule has 0 saturated heterocycles. The molecule has 0 heterocycles. The first-order valence-corrected chi connectivity index (χ1v) is 8.48. The second-order valence-electron chi connectivity index (χ2n) is 5.75. The lowest BCUT2D eigenvalue weighted by molar-refractivity contribution is 0.139. The highest BCUT2D eigenvalue weighted by Crippen LogP contribution is 2.32. The van der Waals surface area contributed by atoms with Crippen LogP contribution in [0.5, 0.6) is 0 Å². The molecular formula is C15H24O3S. The summed E-state index contributed by atoms with van der Waals surface area (Å²) in [5.41, 5.74) is 1.85. The van der Waals surface area contributed by atoms with Crippen molar-refractivity contribution in [3.05, 3.63) is 35.4 Å². The van der Waals surface area contributed by atoms with Crippen molar-refractivity contribution in [2.75, 3.05) is 6.26 Å². The summed E-state index contributed by atoms with van der Waals surface area (Å²) in [5, 5.41) is 10.3. The third-order valence-corrected chi connectivity index (χ3v) is 6.18. The summed E-state index contributed by atoms with van der Waals surface area (Å²) >= 11 is 0. The van der Waals surface area contributed by atoms with Crippen molar-refractivity contribution in [3.8, 4) is 0 Å². The Labute approximate surface area is 116 Å². The average Bonchev–Trinajstić information content (AvgIpc) is 2.35. The van der Waals surface area contributed by atoms with Crippen LogP contribution in [0.25, 0.3) is 0 Å². The highest BCUT2D eigenvalue weighted by atomic mass is 32.2. The van der Waals surface area contributed by atoms with E-state index < -0.39 is 20.7 Å². The van der Waals surface area contributed by atoms with Gasteiger partial charge < -0.3 is 5.11 Å². The standard InChI is InChI=1S/C15H24O3S/c1-6-11(2)12-7-9-13(10-8-12)14(16)15(3,4)19(5,17)18/h7-11,14,16H,6H2,1-5H3. The van der Waals surface area contributed by atoms with Gasteiger partial charge in [0.2, 0.25) is 0 Å². The third kappa shape index (κ3) is 3.37. The van der Waals surface area contributed by atoms with Crippen molar-refractivity contribution in [1.82, 2.24) is 0 Å². The number of benzene rings is 1. The van der Waals surface area contributed by atoms with Crippen LogP contribution in [0.4, 0.5) is 0 Å². The zero-order valence-electron chi connectivity index (χ0n) is 12.3. The summed E-state index contributed by atoms with van der Waals surface area (Å²) in [6.45, 7) is 7.37. The van der Waals surface area contributed by atoms with Gasteiger partial charge in [-0.1, -0.05) is 38.1 Å². The first-order valence-electron chi connectivity index (χ1n) is 6.58. The van der Waals surface area contributed by atoms with Gasteiger partial charge in [0, 0.05) is 6.26 Å². The molecule has 0 spiro atoms. The predicted octanol–water partition coefficient (Wildman–Crippen LogP) is 3.06. The fraction of sp³-hybridized carbons (Fsp3) is 0.600. The van der Waals surface area contributed by atoms with Crippen LogP contribution in [0.2, 0.25) is 0 Å². The van der Waals surface area contributed by atoms with Gasteiger partial charge in [-0.05, 0) is 37.3 Å². The first-order chi connectivity index (χ1) is 8.61. The fourth-order valence-electron chi connectivity index (χ4n) is 1.85. The largest absolute Gasteiger partial charge is 0.387 e. The van der Waals surface area contributed by atoms with Crippen molar-refractivity contribution >= 4 is 9.84 Å². The maximum absolute atomic E-state index is 11.7. The summed E-state index contributed by atoms with van der Waals surface area (Å²) in [4.78, 5) is 0. The van der Waals surface area contributed by atoms with E-state index in [-0.39, 0.29) is 0 Å². The fourth-order valence-corrected chi connectivity index (χ4v) is 2.39. The predicted molar refractivity (Wildman–Crippen MR) is 79.0 cm³/mol. The summed E-state index contributed by atoms with van der Waals surface area (Å²) in [7, 11) is -3.33. The number of hydrogen-bond donors (Lipinski definition) is 1. The first kappa shape index (κ1) is 16.2. The molecule has 108 valence electrons. The Kier molecular flexibility index (Phi) is 4.80. The highest BCUT2D eigenvalue weighted by molar-refractivity contribution is 7.92. The van der Waals surface area contributed by atoms with Crippen LogP contribution >= 0.6 is 0 Å². The van der Waals surface area contributed by atoms with Crippen LogP contribution in [0.15, 0.2) is 24.3 Å². The lowest BCUT2D eigenvalue weighted by atomic mass is 9.93. The van der Waals surface area contributed by atoms with E-state index in [9.17, 15) is 13.5 Å². The Bertz CT molecular complexity index is 515. The Morgan fingerprint density at radius 2 is 1.58 bits per heavy atom. The minimum Gasteiger partial charge on any atom is -0.387 e. The Morgan fingerprint density at radius 3 is 1.95 bits per heavy atom. The molecule has 19 heavy (non-hydrogen) atoms. The van der Waals surface area contributed by atoms with Gasteiger partial charge in [-0.2, -0.15) is 0 Å². The van der Waals surface area contributed by atoms with E-state index in [2.05, 4.69) is 13.8 Å². The molecule has 2 atom stereocenters. The van der Waals surface area contributed by atoms with Gasteiger partial charge in [0.05, 0.1) is 10.9 Å². The molecule has 0 amide bonds. The monoisotopic (exact) mass is 284 g/mol. The Balaban J connectivity index is 3.05. The summed E-state index contributed by atoms with van der Waals surface area (Å²) in [6.07, 6.45) is 1.19. The molecule has 0 radical (unpaired) electrons. The molecule has 4 heteroatoms. The van der Waals surface area contributed by atoms with Gasteiger partial charge in [0.15, 0.2) is 9.84 Å². The smallest absolute Gasteiger partial charge is 0.155 e. The zero-order valence-corrected chi connectivity index (χ0v) is 13.2. The average molecular weight is 284 g/mol. The van der Waals surface area contributed by atoms with E-state index >= 15 is 0 Å². The molecule has 2 unspecified atom stereocenters. The van der Waals surface area contributed by atoms with Crippen LogP contribution in [-0.4, -0.2) is 24.5 Å². The van der Waals surface area contributed by atoms with Crippen LogP contribution in [0.1, 0.15) is 57.3 Å². The van der Waals surface area contributed by atoms with Gasteiger partial charge in [0.1, 0.15) is 0 Å². The van der Waals surface area contributed by atoms with Crippen molar-refractivity contribution in [2.45, 2.75) is 50.9 Å². The van der Waals surface area contributed by atoms with Gasteiger partial charge >= 0.3 is 0 Å². The maximum Gasteiger partial charge on any atom is 0.155 e. The SMILES string of the molecule is CCC(C)c1ccc(C(O)C(C)(C)S(C)(=O)=O)cc1. The second-order valence-corrected chi connectivity index (χ2v) is 8.35. The van der Waals surface area contributed by atoms with Gasteiger partial charge in [-0.3, -0.25) is 0 Å². The molecule has 0 bridgehead atoms. The highest BCUT2D eigenvalue weighted by Gasteiger charge is 2.38. The molecule has 0 aliphatic rings. The van der Waals surface area contributed by atoms with Crippen LogP contribution in [0, 0.1) is 0 Å². The van der Waals surface area contributed by atoms with E-state index in [0.29, 0.717) is 11.5 Å². The molecule has 1 aromatic rings. The van der Waals surface area contributed by atoms with Crippen molar-refractivity contribution in [3.63, 3.8) is 0 Å². The van der Waals surface area contributed by atoms with Crippen molar-refractivity contribution in [2.24, 2.45) is 0 Å². The van der Waals surface area contributed by atoms with E-state index in [1.807, 2.05) is 24.3 Å². The molecule has 0 aromatic heterocycles. The van der Waals surface area contributed by atoms with E-state index in [1.54, 1.807) is 13.8 Å². The molecule has 1 aromatic carbocycles. The number of aliphatic hydroxyl groups is 1. The molecule has 1 N–H and O–H groups in total. The molecular weight excluding hydrogens is 260 g/mol. The minimum absolute atomic E-state index is 0.467. The van der Waals surface area contributed by atoms with Crippen molar-refractivity contribution < 1.29 is 13.5 Å². The summed E-state index contributed by atoms with van der Waals surface area (Å²) < 4.78 is 22.3. The maximum atomic E-state index is 11.7. The quantitative estimate of drug-likeness (QED) is 0.904.